The van der Waals surface area contributed by atoms with Gasteiger partial charge < -0.3 is 10.4 Å². The summed E-state index contributed by atoms with van der Waals surface area (Å²) in [7, 11) is 0. The van der Waals surface area contributed by atoms with Gasteiger partial charge in [-0.3, -0.25) is 4.79 Å². The van der Waals surface area contributed by atoms with Gasteiger partial charge in [-0.05, 0) is 35.2 Å². The molecule has 0 aliphatic heterocycles. The third-order valence-electron chi connectivity index (χ3n) is 3.42. The SMILES string of the molecule is O=C(C=Cc1ccccc1)NCC(O)c1ccc(-c2cccs2)s1. The Morgan fingerprint density at radius 2 is 1.92 bits per heavy atom. The molecule has 2 N–H and O–H groups in total. The molecule has 1 amide bonds. The lowest BCUT2D eigenvalue weighted by Crippen LogP contribution is -2.26. The van der Waals surface area contributed by atoms with Gasteiger partial charge in [0.05, 0.1) is 0 Å². The van der Waals surface area contributed by atoms with E-state index in [1.54, 1.807) is 28.7 Å². The van der Waals surface area contributed by atoms with Crippen LogP contribution in [0.25, 0.3) is 15.8 Å². The minimum absolute atomic E-state index is 0.197. The summed E-state index contributed by atoms with van der Waals surface area (Å²) in [5.41, 5.74) is 0.965. The van der Waals surface area contributed by atoms with Gasteiger partial charge in [0.15, 0.2) is 0 Å². The molecule has 3 aromatic rings. The molecule has 2 aromatic heterocycles. The summed E-state index contributed by atoms with van der Waals surface area (Å²) in [5, 5.41) is 15.0. The van der Waals surface area contributed by atoms with Crippen LogP contribution in [-0.2, 0) is 4.79 Å². The molecule has 0 aliphatic rings. The molecular formula is C19H17NO2S2. The van der Waals surface area contributed by atoms with Crippen LogP contribution in [0.3, 0.4) is 0 Å². The van der Waals surface area contributed by atoms with E-state index in [1.807, 2.05) is 53.9 Å². The zero-order valence-electron chi connectivity index (χ0n) is 12.9. The van der Waals surface area contributed by atoms with Crippen molar-refractivity contribution < 1.29 is 9.90 Å². The van der Waals surface area contributed by atoms with E-state index in [-0.39, 0.29) is 12.5 Å². The minimum Gasteiger partial charge on any atom is -0.386 e. The average molecular weight is 355 g/mol. The first kappa shape index (κ1) is 16.6. The van der Waals surface area contributed by atoms with Gasteiger partial charge in [-0.25, -0.2) is 0 Å². The number of carbonyl (C=O) groups is 1. The van der Waals surface area contributed by atoms with E-state index in [9.17, 15) is 9.90 Å². The molecule has 0 saturated heterocycles. The highest BCUT2D eigenvalue weighted by atomic mass is 32.1. The fraction of sp³-hybridized carbons (Fsp3) is 0.105. The van der Waals surface area contributed by atoms with Crippen LogP contribution in [0.5, 0.6) is 0 Å². The van der Waals surface area contributed by atoms with Crippen LogP contribution in [0.15, 0.2) is 66.1 Å². The standard InChI is InChI=1S/C19H17NO2S2/c21-15(16-9-10-18(24-16)17-7-4-12-23-17)13-20-19(22)11-8-14-5-2-1-3-6-14/h1-12,15,21H,13H2,(H,20,22). The van der Waals surface area contributed by atoms with E-state index in [0.717, 1.165) is 15.3 Å². The van der Waals surface area contributed by atoms with Crippen molar-refractivity contribution in [3.8, 4) is 9.75 Å². The zero-order valence-corrected chi connectivity index (χ0v) is 14.5. The highest BCUT2D eigenvalue weighted by molar-refractivity contribution is 7.21. The molecule has 122 valence electrons. The van der Waals surface area contributed by atoms with E-state index >= 15 is 0 Å². The maximum absolute atomic E-state index is 11.8. The minimum atomic E-state index is -0.696. The molecule has 3 nitrogen and oxygen atoms in total. The first-order chi connectivity index (χ1) is 11.7. The Hall–Kier alpha value is -2.21. The van der Waals surface area contributed by atoms with Crippen LogP contribution in [0, 0.1) is 0 Å². The highest BCUT2D eigenvalue weighted by Crippen LogP contribution is 2.33. The fourth-order valence-electron chi connectivity index (χ4n) is 2.18. The summed E-state index contributed by atoms with van der Waals surface area (Å²) in [5.74, 6) is -0.215. The van der Waals surface area contributed by atoms with Gasteiger partial charge in [0.2, 0.25) is 5.91 Å². The first-order valence-corrected chi connectivity index (χ1v) is 9.24. The predicted octanol–water partition coefficient (Wildman–Crippen LogP) is 4.34. The van der Waals surface area contributed by atoms with Gasteiger partial charge in [-0.2, -0.15) is 0 Å². The maximum Gasteiger partial charge on any atom is 0.244 e. The van der Waals surface area contributed by atoms with Gasteiger partial charge in [0.25, 0.3) is 0 Å². The number of benzene rings is 1. The lowest BCUT2D eigenvalue weighted by Gasteiger charge is -2.08. The second kappa shape index (κ2) is 8.06. The average Bonchev–Trinajstić information content (AvgIpc) is 3.29. The molecule has 0 radical (unpaired) electrons. The molecule has 1 aromatic carbocycles. The van der Waals surface area contributed by atoms with Crippen molar-refractivity contribution >= 4 is 34.7 Å². The summed E-state index contributed by atoms with van der Waals surface area (Å²) in [6.07, 6.45) is 2.53. The molecule has 0 bridgehead atoms. The number of aliphatic hydroxyl groups is 1. The summed E-state index contributed by atoms with van der Waals surface area (Å²) in [4.78, 5) is 15.0. The normalized spacial score (nSPS) is 12.4. The van der Waals surface area contributed by atoms with Gasteiger partial charge in [0.1, 0.15) is 6.10 Å². The Bertz CT molecular complexity index is 807. The van der Waals surface area contributed by atoms with Crippen LogP contribution >= 0.6 is 22.7 Å². The molecule has 1 atom stereocenters. The Morgan fingerprint density at radius 3 is 2.67 bits per heavy atom. The molecule has 0 aliphatic carbocycles. The van der Waals surface area contributed by atoms with E-state index in [1.165, 1.54) is 11.0 Å². The first-order valence-electron chi connectivity index (χ1n) is 7.55. The van der Waals surface area contributed by atoms with Gasteiger partial charge >= 0.3 is 0 Å². The number of carbonyl (C=O) groups excluding carboxylic acids is 1. The number of hydrogen-bond donors (Lipinski definition) is 2. The number of amides is 1. The van der Waals surface area contributed by atoms with Crippen molar-refractivity contribution in [3.05, 3.63) is 76.5 Å². The lowest BCUT2D eigenvalue weighted by atomic mass is 10.2. The monoisotopic (exact) mass is 355 g/mol. The third kappa shape index (κ3) is 4.41. The number of thiophene rings is 2. The van der Waals surface area contributed by atoms with Gasteiger partial charge in [-0.1, -0.05) is 36.4 Å². The van der Waals surface area contributed by atoms with Crippen molar-refractivity contribution in [2.45, 2.75) is 6.10 Å². The zero-order chi connectivity index (χ0) is 16.8. The topological polar surface area (TPSA) is 49.3 Å². The van der Waals surface area contributed by atoms with Gasteiger partial charge in [-0.15, -0.1) is 22.7 Å². The number of nitrogens with one attached hydrogen (secondary N) is 1. The second-order valence-electron chi connectivity index (χ2n) is 5.18. The van der Waals surface area contributed by atoms with Gasteiger partial charge in [0, 0.05) is 27.3 Å². The summed E-state index contributed by atoms with van der Waals surface area (Å²) in [6.45, 7) is 0.197. The molecule has 0 fully saturated rings. The molecular weight excluding hydrogens is 338 g/mol. The molecule has 24 heavy (non-hydrogen) atoms. The van der Waals surface area contributed by atoms with Crippen LogP contribution < -0.4 is 5.32 Å². The maximum atomic E-state index is 11.8. The predicted molar refractivity (Wildman–Crippen MR) is 101 cm³/mol. The molecule has 5 heteroatoms. The largest absolute Gasteiger partial charge is 0.386 e. The molecule has 3 rings (SSSR count). The van der Waals surface area contributed by atoms with Crippen LogP contribution in [0.1, 0.15) is 16.5 Å². The Balaban J connectivity index is 1.53. The molecule has 2 heterocycles. The smallest absolute Gasteiger partial charge is 0.244 e. The molecule has 0 spiro atoms. The van der Waals surface area contributed by atoms with Crippen molar-refractivity contribution in [3.63, 3.8) is 0 Å². The third-order valence-corrected chi connectivity index (χ3v) is 5.67. The summed E-state index contributed by atoms with van der Waals surface area (Å²) < 4.78 is 0. The second-order valence-corrected chi connectivity index (χ2v) is 7.25. The van der Waals surface area contributed by atoms with Crippen molar-refractivity contribution in [1.82, 2.24) is 5.32 Å². The number of aliphatic hydroxyl groups excluding tert-OH is 1. The van der Waals surface area contributed by atoms with E-state index < -0.39 is 6.10 Å². The van der Waals surface area contributed by atoms with Crippen LogP contribution in [0.2, 0.25) is 0 Å². The summed E-state index contributed by atoms with van der Waals surface area (Å²) in [6, 6.07) is 17.6. The van der Waals surface area contributed by atoms with E-state index in [0.29, 0.717) is 0 Å². The number of rotatable bonds is 6. The summed E-state index contributed by atoms with van der Waals surface area (Å²) >= 11 is 3.23. The number of hydrogen-bond acceptors (Lipinski definition) is 4. The Morgan fingerprint density at radius 1 is 1.08 bits per heavy atom. The highest BCUT2D eigenvalue weighted by Gasteiger charge is 2.12. The Kier molecular flexibility index (Phi) is 5.59. The lowest BCUT2D eigenvalue weighted by molar-refractivity contribution is -0.116. The van der Waals surface area contributed by atoms with Crippen molar-refractivity contribution in [2.24, 2.45) is 0 Å². The fourth-order valence-corrected chi connectivity index (χ4v) is 4.00. The molecule has 1 unspecified atom stereocenters. The van der Waals surface area contributed by atoms with Crippen LogP contribution in [0.4, 0.5) is 0 Å². The quantitative estimate of drug-likeness (QED) is 0.646. The van der Waals surface area contributed by atoms with Crippen LogP contribution in [-0.4, -0.2) is 17.6 Å². The van der Waals surface area contributed by atoms with Crippen molar-refractivity contribution in [2.75, 3.05) is 6.54 Å². The van der Waals surface area contributed by atoms with E-state index in [2.05, 4.69) is 11.4 Å². The Labute approximate surface area is 148 Å². The molecule has 0 saturated carbocycles. The van der Waals surface area contributed by atoms with Crippen molar-refractivity contribution in [1.29, 1.82) is 0 Å². The van der Waals surface area contributed by atoms with E-state index in [4.69, 9.17) is 0 Å².